The molecule has 0 N–H and O–H groups in total. The molecule has 140 valence electrons. The molecule has 3 rings (SSSR count). The Labute approximate surface area is 159 Å². The number of hydrogen-bond donors (Lipinski definition) is 0. The van der Waals surface area contributed by atoms with Crippen LogP contribution in [0.3, 0.4) is 0 Å². The quantitative estimate of drug-likeness (QED) is 0.438. The number of nitro benzene ring substituents is 2. The van der Waals surface area contributed by atoms with Gasteiger partial charge >= 0.3 is 0 Å². The highest BCUT2D eigenvalue weighted by molar-refractivity contribution is 6.67. The van der Waals surface area contributed by atoms with E-state index in [9.17, 15) is 25.0 Å². The van der Waals surface area contributed by atoms with E-state index in [-0.39, 0.29) is 11.3 Å². The van der Waals surface area contributed by atoms with Crippen molar-refractivity contribution in [2.45, 2.75) is 0 Å². The molecule has 0 unspecified atom stereocenters. The highest BCUT2D eigenvalue weighted by atomic mass is 35.5. The molecule has 0 amide bonds. The average Bonchev–Trinajstić information content (AvgIpc) is 2.67. The lowest BCUT2D eigenvalue weighted by Gasteiger charge is -2.36. The van der Waals surface area contributed by atoms with Crippen LogP contribution in [0.2, 0.25) is 0 Å². The lowest BCUT2D eigenvalue weighted by atomic mass is 10.1. The third-order valence-corrected chi connectivity index (χ3v) is 4.63. The summed E-state index contributed by atoms with van der Waals surface area (Å²) in [5, 5.41) is 22.0. The number of benzene rings is 2. The van der Waals surface area contributed by atoms with Crippen molar-refractivity contribution in [1.29, 1.82) is 0 Å². The molecule has 2 aromatic carbocycles. The van der Waals surface area contributed by atoms with Gasteiger partial charge in [0.25, 0.3) is 16.6 Å². The maximum Gasteiger partial charge on any atom is 0.300 e. The minimum atomic E-state index is -0.985. The first kappa shape index (κ1) is 18.6. The zero-order valence-corrected chi connectivity index (χ0v) is 14.8. The van der Waals surface area contributed by atoms with Crippen LogP contribution in [-0.2, 0) is 0 Å². The molecule has 2 aromatic rings. The Kier molecular flexibility index (Phi) is 5.22. The van der Waals surface area contributed by atoms with Crippen molar-refractivity contribution >= 4 is 39.6 Å². The topological polar surface area (TPSA) is 110 Å². The number of carbonyl (C=O) groups excluding carboxylic acids is 1. The summed E-state index contributed by atoms with van der Waals surface area (Å²) in [6, 6.07) is 11.6. The van der Waals surface area contributed by atoms with E-state index in [4.69, 9.17) is 11.6 Å². The normalized spacial score (nSPS) is 14.1. The third kappa shape index (κ3) is 3.82. The first-order valence-corrected chi connectivity index (χ1v) is 8.48. The Morgan fingerprint density at radius 2 is 1.37 bits per heavy atom. The Morgan fingerprint density at radius 3 is 1.81 bits per heavy atom. The first-order chi connectivity index (χ1) is 12.9. The van der Waals surface area contributed by atoms with Crippen LogP contribution in [0.4, 0.5) is 22.7 Å². The fraction of sp³-hybridized carbons (Fsp3) is 0.235. The number of nitrogens with zero attached hydrogens (tertiary/aromatic N) is 4. The van der Waals surface area contributed by atoms with Gasteiger partial charge in [0.15, 0.2) is 5.69 Å². The summed E-state index contributed by atoms with van der Waals surface area (Å²) in [6.07, 6.45) is 0. The number of piperazine rings is 1. The second-order valence-corrected chi connectivity index (χ2v) is 6.30. The number of anilines is 2. The smallest absolute Gasteiger partial charge is 0.300 e. The maximum absolute atomic E-state index is 11.5. The van der Waals surface area contributed by atoms with Crippen molar-refractivity contribution in [3.05, 3.63) is 68.3 Å². The second kappa shape index (κ2) is 7.58. The molecule has 1 aliphatic heterocycles. The van der Waals surface area contributed by atoms with Crippen molar-refractivity contribution in [3.63, 3.8) is 0 Å². The Morgan fingerprint density at radius 1 is 0.889 bits per heavy atom. The molecule has 1 heterocycles. The molecule has 0 atom stereocenters. The van der Waals surface area contributed by atoms with Gasteiger partial charge in [-0.2, -0.15) is 0 Å². The molecule has 1 aliphatic rings. The fourth-order valence-electron chi connectivity index (χ4n) is 3.15. The molecule has 0 aliphatic carbocycles. The van der Waals surface area contributed by atoms with E-state index in [0.717, 1.165) is 17.8 Å². The third-order valence-electron chi connectivity index (χ3n) is 4.41. The van der Waals surface area contributed by atoms with E-state index < -0.39 is 26.5 Å². The molecule has 9 nitrogen and oxygen atoms in total. The molecular weight excluding hydrogens is 376 g/mol. The molecule has 0 aromatic heterocycles. The van der Waals surface area contributed by atoms with Crippen LogP contribution in [0.15, 0.2) is 42.5 Å². The van der Waals surface area contributed by atoms with E-state index in [1.165, 1.54) is 0 Å². The summed E-state index contributed by atoms with van der Waals surface area (Å²) in [4.78, 5) is 36.6. The predicted octanol–water partition coefficient (Wildman–Crippen LogP) is 3.21. The molecule has 0 saturated carbocycles. The lowest BCUT2D eigenvalue weighted by Crippen LogP contribution is -2.46. The van der Waals surface area contributed by atoms with Crippen LogP contribution in [0.1, 0.15) is 10.4 Å². The predicted molar refractivity (Wildman–Crippen MR) is 101 cm³/mol. The van der Waals surface area contributed by atoms with Gasteiger partial charge in [0, 0.05) is 49.6 Å². The van der Waals surface area contributed by atoms with Crippen LogP contribution < -0.4 is 9.80 Å². The number of carbonyl (C=O) groups is 1. The zero-order chi connectivity index (χ0) is 19.6. The number of hydrogen-bond acceptors (Lipinski definition) is 7. The van der Waals surface area contributed by atoms with Gasteiger partial charge in [-0.05, 0) is 23.7 Å². The minimum absolute atomic E-state index is 0.0978. The van der Waals surface area contributed by atoms with Crippen molar-refractivity contribution in [1.82, 2.24) is 0 Å². The van der Waals surface area contributed by atoms with Gasteiger partial charge in [0.1, 0.15) is 0 Å². The van der Waals surface area contributed by atoms with Crippen molar-refractivity contribution < 1.29 is 14.6 Å². The largest absolute Gasteiger partial charge is 0.368 e. The molecule has 0 radical (unpaired) electrons. The van der Waals surface area contributed by atoms with Crippen molar-refractivity contribution in [3.8, 4) is 0 Å². The molecule has 0 spiro atoms. The van der Waals surface area contributed by atoms with E-state index in [2.05, 4.69) is 4.90 Å². The molecule has 1 saturated heterocycles. The van der Waals surface area contributed by atoms with Gasteiger partial charge < -0.3 is 9.80 Å². The summed E-state index contributed by atoms with van der Waals surface area (Å²) in [5.74, 6) is 0. The SMILES string of the molecule is O=C(Cl)c1cc([N+](=O)[O-])c(N2CCN(c3ccccc3)CC2)c([N+](=O)[O-])c1. The standard InChI is InChI=1S/C17H15ClN4O5/c18-17(23)12-10-14(21(24)25)16(15(11-12)22(26)27)20-8-6-19(7-9-20)13-4-2-1-3-5-13/h1-5,10-11H,6-9H2. The Bertz CT molecular complexity index is 862. The lowest BCUT2D eigenvalue weighted by molar-refractivity contribution is -0.392. The fourth-order valence-corrected chi connectivity index (χ4v) is 3.26. The van der Waals surface area contributed by atoms with Gasteiger partial charge in [-0.25, -0.2) is 0 Å². The average molecular weight is 391 g/mol. The Balaban J connectivity index is 1.95. The van der Waals surface area contributed by atoms with E-state index in [0.29, 0.717) is 26.2 Å². The van der Waals surface area contributed by atoms with Crippen LogP contribution in [0.25, 0.3) is 0 Å². The summed E-state index contributed by atoms with van der Waals surface area (Å²) >= 11 is 5.38. The van der Waals surface area contributed by atoms with E-state index >= 15 is 0 Å². The molecule has 27 heavy (non-hydrogen) atoms. The minimum Gasteiger partial charge on any atom is -0.368 e. The molecule has 1 fully saturated rings. The van der Waals surface area contributed by atoms with E-state index in [1.54, 1.807) is 4.90 Å². The number of halogens is 1. The van der Waals surface area contributed by atoms with Crippen LogP contribution in [0.5, 0.6) is 0 Å². The Hall–Kier alpha value is -3.20. The first-order valence-electron chi connectivity index (χ1n) is 8.10. The van der Waals surface area contributed by atoms with Crippen LogP contribution in [-0.4, -0.2) is 41.3 Å². The molecule has 0 bridgehead atoms. The zero-order valence-electron chi connectivity index (χ0n) is 14.1. The van der Waals surface area contributed by atoms with Gasteiger partial charge in [0.05, 0.1) is 9.85 Å². The monoisotopic (exact) mass is 390 g/mol. The number of para-hydroxylation sites is 1. The summed E-state index contributed by atoms with van der Waals surface area (Å²) in [6.45, 7) is 1.83. The maximum atomic E-state index is 11.5. The highest BCUT2D eigenvalue weighted by Gasteiger charge is 2.33. The second-order valence-electron chi connectivity index (χ2n) is 5.96. The highest BCUT2D eigenvalue weighted by Crippen LogP contribution is 2.39. The molecule has 10 heteroatoms. The van der Waals surface area contributed by atoms with Crippen LogP contribution >= 0.6 is 11.6 Å². The summed E-state index contributed by atoms with van der Waals surface area (Å²) < 4.78 is 0. The van der Waals surface area contributed by atoms with Gasteiger partial charge in [0.2, 0.25) is 0 Å². The summed E-state index contributed by atoms with van der Waals surface area (Å²) in [7, 11) is 0. The van der Waals surface area contributed by atoms with Gasteiger partial charge in [-0.15, -0.1) is 0 Å². The van der Waals surface area contributed by atoms with Gasteiger partial charge in [-0.1, -0.05) is 18.2 Å². The van der Waals surface area contributed by atoms with E-state index in [1.807, 2.05) is 30.3 Å². The number of rotatable bonds is 5. The van der Waals surface area contributed by atoms with Gasteiger partial charge in [-0.3, -0.25) is 25.0 Å². The number of nitro groups is 2. The van der Waals surface area contributed by atoms with Crippen molar-refractivity contribution in [2.75, 3.05) is 36.0 Å². The molecular formula is C17H15ClN4O5. The van der Waals surface area contributed by atoms with Crippen molar-refractivity contribution in [2.24, 2.45) is 0 Å². The van der Waals surface area contributed by atoms with Crippen LogP contribution in [0, 0.1) is 20.2 Å². The summed E-state index contributed by atoms with van der Waals surface area (Å²) in [5.41, 5.74) is -0.354.